The van der Waals surface area contributed by atoms with E-state index in [1.165, 1.54) is 0 Å². The molecule has 1 fully saturated rings. The number of nitrogens with two attached hydrogens (primary N) is 1. The van der Waals surface area contributed by atoms with Gasteiger partial charge in [-0.15, -0.1) is 0 Å². The fourth-order valence-electron chi connectivity index (χ4n) is 3.94. The second-order valence-corrected chi connectivity index (χ2v) is 8.02. The van der Waals surface area contributed by atoms with Crippen molar-refractivity contribution in [3.63, 3.8) is 0 Å². The van der Waals surface area contributed by atoms with Gasteiger partial charge in [-0.3, -0.25) is 0 Å². The minimum absolute atomic E-state index is 0.108. The molecule has 0 radical (unpaired) electrons. The molecule has 2 aromatic heterocycles. The molecule has 0 spiro atoms. The lowest BCUT2D eigenvalue weighted by atomic mass is 10.0. The maximum absolute atomic E-state index is 6.66. The van der Waals surface area contributed by atoms with Gasteiger partial charge in [-0.2, -0.15) is 0 Å². The number of hydrogen-bond acceptors (Lipinski definition) is 6. The number of nitrogens with zero attached hydrogens (tertiary/aromatic N) is 3. The van der Waals surface area contributed by atoms with Gasteiger partial charge in [0, 0.05) is 37.3 Å². The predicted molar refractivity (Wildman–Crippen MR) is 114 cm³/mol. The van der Waals surface area contributed by atoms with Crippen LogP contribution >= 0.6 is 11.6 Å². The minimum atomic E-state index is 0.108. The smallest absolute Gasteiger partial charge is 0.150 e. The number of fused-ring (bicyclic) bond motifs is 1. The summed E-state index contributed by atoms with van der Waals surface area (Å²) in [7, 11) is 2.12. The Morgan fingerprint density at radius 1 is 1.34 bits per heavy atom. The molecule has 29 heavy (non-hydrogen) atoms. The molecule has 154 valence electrons. The van der Waals surface area contributed by atoms with Gasteiger partial charge in [-0.25, -0.2) is 10.8 Å². The van der Waals surface area contributed by atoms with Crippen molar-refractivity contribution < 1.29 is 9.57 Å². The molecule has 7 nitrogen and oxygen atoms in total. The number of imidazole rings is 1. The summed E-state index contributed by atoms with van der Waals surface area (Å²) >= 11 is 6.66. The van der Waals surface area contributed by atoms with E-state index in [0.29, 0.717) is 10.8 Å². The SMILES string of the molecule is Cc1ccn2c(CC3CN(C)CCO3)c(-c3c(C)cc(ONN)cc3Cl)nc2c1. The van der Waals surface area contributed by atoms with E-state index in [0.717, 1.165) is 59.8 Å². The maximum Gasteiger partial charge on any atom is 0.150 e. The van der Waals surface area contributed by atoms with Crippen LogP contribution in [0.2, 0.25) is 5.02 Å². The van der Waals surface area contributed by atoms with E-state index < -0.39 is 0 Å². The first kappa shape index (κ1) is 20.1. The average molecular weight is 416 g/mol. The third-order valence-corrected chi connectivity index (χ3v) is 5.62. The summed E-state index contributed by atoms with van der Waals surface area (Å²) in [5, 5.41) is 0.568. The van der Waals surface area contributed by atoms with Gasteiger partial charge in [-0.1, -0.05) is 17.2 Å². The number of ether oxygens (including phenoxy) is 1. The summed E-state index contributed by atoms with van der Waals surface area (Å²) in [5.74, 6) is 5.82. The van der Waals surface area contributed by atoms with Gasteiger partial charge in [-0.05, 0) is 50.2 Å². The van der Waals surface area contributed by atoms with E-state index in [9.17, 15) is 0 Å². The number of likely N-dealkylation sites (N-methyl/N-ethyl adjacent to an activating group) is 1. The molecule has 0 saturated carbocycles. The standard InChI is InChI=1S/C21H26ClN5O2/c1-13-4-5-27-18(11-16-12-26(3)6-7-28-16)21(24-19(27)8-13)20-14(2)9-15(29-25-23)10-17(20)22/h4-5,8-10,16,25H,6-7,11-12,23H2,1-3H3. The zero-order valence-corrected chi connectivity index (χ0v) is 17.7. The van der Waals surface area contributed by atoms with Gasteiger partial charge in [0.05, 0.1) is 29.1 Å². The van der Waals surface area contributed by atoms with Gasteiger partial charge < -0.3 is 18.9 Å². The molecule has 3 heterocycles. The molecule has 3 N–H and O–H groups in total. The molecule has 0 amide bonds. The topological polar surface area (TPSA) is 77.0 Å². The van der Waals surface area contributed by atoms with Crippen molar-refractivity contribution in [2.24, 2.45) is 5.84 Å². The highest BCUT2D eigenvalue weighted by molar-refractivity contribution is 6.33. The van der Waals surface area contributed by atoms with Crippen LogP contribution in [-0.2, 0) is 11.2 Å². The molecule has 1 aliphatic heterocycles. The molecular formula is C21H26ClN5O2. The number of morpholine rings is 1. The molecule has 0 aliphatic carbocycles. The monoisotopic (exact) mass is 415 g/mol. The van der Waals surface area contributed by atoms with Crippen molar-refractivity contribution in [2.45, 2.75) is 26.4 Å². The van der Waals surface area contributed by atoms with Crippen LogP contribution in [0.1, 0.15) is 16.8 Å². The number of aromatic nitrogens is 2. The average Bonchev–Trinajstić information content (AvgIpc) is 2.98. The van der Waals surface area contributed by atoms with Crippen molar-refractivity contribution >= 4 is 17.2 Å². The number of pyridine rings is 1. The van der Waals surface area contributed by atoms with E-state index in [1.54, 1.807) is 6.07 Å². The Bertz CT molecular complexity index is 1010. The molecule has 1 atom stereocenters. The van der Waals surface area contributed by atoms with Gasteiger partial charge in [0.2, 0.25) is 0 Å². The van der Waals surface area contributed by atoms with E-state index in [2.05, 4.69) is 47.2 Å². The molecule has 0 bridgehead atoms. The Balaban J connectivity index is 1.83. The molecule has 8 heteroatoms. The fraction of sp³-hybridized carbons (Fsp3) is 0.381. The van der Waals surface area contributed by atoms with Gasteiger partial charge in [0.1, 0.15) is 5.65 Å². The van der Waals surface area contributed by atoms with E-state index >= 15 is 0 Å². The molecule has 1 saturated heterocycles. The number of hydrazine groups is 1. The highest BCUT2D eigenvalue weighted by Gasteiger charge is 2.25. The van der Waals surface area contributed by atoms with Crippen molar-refractivity contribution in [3.05, 3.63) is 52.3 Å². The van der Waals surface area contributed by atoms with Gasteiger partial charge >= 0.3 is 0 Å². The normalized spacial score (nSPS) is 17.8. The summed E-state index contributed by atoms with van der Waals surface area (Å²) < 4.78 is 8.18. The molecule has 1 aromatic carbocycles. The number of rotatable bonds is 5. The number of aryl methyl sites for hydroxylation is 2. The maximum atomic E-state index is 6.66. The highest BCUT2D eigenvalue weighted by atomic mass is 35.5. The molecular weight excluding hydrogens is 390 g/mol. The molecule has 4 rings (SSSR count). The molecule has 1 unspecified atom stereocenters. The van der Waals surface area contributed by atoms with Crippen LogP contribution in [0.15, 0.2) is 30.5 Å². The molecule has 3 aromatic rings. The quantitative estimate of drug-likeness (QED) is 0.493. The van der Waals surface area contributed by atoms with Crippen molar-refractivity contribution in [1.82, 2.24) is 19.9 Å². The Morgan fingerprint density at radius 3 is 2.90 bits per heavy atom. The Labute approximate surface area is 175 Å². The first-order valence-electron chi connectivity index (χ1n) is 9.67. The predicted octanol–water partition coefficient (Wildman–Crippen LogP) is 2.90. The lowest BCUT2D eigenvalue weighted by Crippen LogP contribution is -2.41. The van der Waals surface area contributed by atoms with Crippen molar-refractivity contribution in [3.8, 4) is 17.0 Å². The van der Waals surface area contributed by atoms with E-state index in [1.807, 2.05) is 13.0 Å². The summed E-state index contributed by atoms with van der Waals surface area (Å²) in [5.41, 5.74) is 8.09. The Kier molecular flexibility index (Phi) is 5.76. The zero-order valence-electron chi connectivity index (χ0n) is 16.9. The second kappa shape index (κ2) is 8.30. The summed E-state index contributed by atoms with van der Waals surface area (Å²) in [4.78, 5) is 12.4. The lowest BCUT2D eigenvalue weighted by Gasteiger charge is -2.30. The third-order valence-electron chi connectivity index (χ3n) is 5.32. The Morgan fingerprint density at radius 2 is 2.17 bits per heavy atom. The highest BCUT2D eigenvalue weighted by Crippen LogP contribution is 2.37. The third kappa shape index (κ3) is 4.10. The lowest BCUT2D eigenvalue weighted by molar-refractivity contribution is -0.0190. The fourth-order valence-corrected chi connectivity index (χ4v) is 4.28. The second-order valence-electron chi connectivity index (χ2n) is 7.62. The van der Waals surface area contributed by atoms with Crippen LogP contribution in [0.25, 0.3) is 16.9 Å². The van der Waals surface area contributed by atoms with E-state index in [-0.39, 0.29) is 6.10 Å². The molecule has 1 aliphatic rings. The number of halogens is 1. The summed E-state index contributed by atoms with van der Waals surface area (Å²) in [6, 6.07) is 7.81. The van der Waals surface area contributed by atoms with Crippen LogP contribution in [0.5, 0.6) is 5.75 Å². The largest absolute Gasteiger partial charge is 0.394 e. The first-order valence-corrected chi connectivity index (χ1v) is 10.0. The zero-order chi connectivity index (χ0) is 20.5. The van der Waals surface area contributed by atoms with Crippen LogP contribution in [0.3, 0.4) is 0 Å². The first-order chi connectivity index (χ1) is 14.0. The minimum Gasteiger partial charge on any atom is -0.394 e. The van der Waals surface area contributed by atoms with E-state index in [4.69, 9.17) is 32.0 Å². The Hall–Kier alpha value is -2.16. The van der Waals surface area contributed by atoms with Crippen molar-refractivity contribution in [1.29, 1.82) is 0 Å². The van der Waals surface area contributed by atoms with Crippen LogP contribution in [0.4, 0.5) is 0 Å². The summed E-state index contributed by atoms with van der Waals surface area (Å²) in [6.07, 6.45) is 2.93. The van der Waals surface area contributed by atoms with Crippen LogP contribution < -0.4 is 16.3 Å². The number of hydrogen-bond donors (Lipinski definition) is 2. The number of nitrogens with one attached hydrogen (secondary N) is 1. The summed E-state index contributed by atoms with van der Waals surface area (Å²) in [6.45, 7) is 6.65. The van der Waals surface area contributed by atoms with Crippen LogP contribution in [0, 0.1) is 13.8 Å². The van der Waals surface area contributed by atoms with Gasteiger partial charge in [0.25, 0.3) is 0 Å². The number of benzene rings is 1. The van der Waals surface area contributed by atoms with Crippen LogP contribution in [-0.4, -0.2) is 47.1 Å². The van der Waals surface area contributed by atoms with Gasteiger partial charge in [0.15, 0.2) is 5.75 Å². The van der Waals surface area contributed by atoms with Crippen molar-refractivity contribution in [2.75, 3.05) is 26.7 Å².